The van der Waals surface area contributed by atoms with E-state index in [-0.39, 0.29) is 24.0 Å². The second-order valence-corrected chi connectivity index (χ2v) is 6.81. The number of carbonyl (C=O) groups excluding carboxylic acids is 2. The van der Waals surface area contributed by atoms with Crippen molar-refractivity contribution < 1.29 is 23.8 Å². The molecule has 1 fully saturated rings. The van der Waals surface area contributed by atoms with Gasteiger partial charge < -0.3 is 19.1 Å². The molecule has 2 unspecified atom stereocenters. The number of likely N-dealkylation sites (N-methyl/N-ethyl adjacent to an activating group) is 1. The van der Waals surface area contributed by atoms with Gasteiger partial charge in [0.2, 0.25) is 0 Å². The van der Waals surface area contributed by atoms with Crippen molar-refractivity contribution >= 4 is 17.4 Å². The Morgan fingerprint density at radius 2 is 1.67 bits per heavy atom. The number of nitrogens with zero attached hydrogens (tertiary/aromatic N) is 2. The average molecular weight is 374 g/mol. The van der Waals surface area contributed by atoms with Crippen LogP contribution in [0.5, 0.6) is 11.5 Å². The predicted molar refractivity (Wildman–Crippen MR) is 100 cm³/mol. The highest BCUT2D eigenvalue weighted by Crippen LogP contribution is 2.37. The molecule has 0 spiro atoms. The monoisotopic (exact) mass is 374 g/mol. The fraction of sp³-hybridized carbons (Fsp3) is 0.500. The van der Waals surface area contributed by atoms with Crippen molar-refractivity contribution in [2.75, 3.05) is 33.9 Å². The molecule has 7 nitrogen and oxygen atoms in total. The number of ether oxygens (including phenoxy) is 3. The van der Waals surface area contributed by atoms with Crippen molar-refractivity contribution in [2.45, 2.75) is 33.0 Å². The van der Waals surface area contributed by atoms with Gasteiger partial charge in [-0.05, 0) is 38.5 Å². The van der Waals surface area contributed by atoms with E-state index in [4.69, 9.17) is 14.2 Å². The summed E-state index contributed by atoms with van der Waals surface area (Å²) in [6.07, 6.45) is -0.0436. The zero-order valence-corrected chi connectivity index (χ0v) is 16.4. The van der Waals surface area contributed by atoms with Crippen molar-refractivity contribution in [3.63, 3.8) is 0 Å². The largest absolute Gasteiger partial charge is 0.493 e. The van der Waals surface area contributed by atoms with E-state index in [0.29, 0.717) is 48.0 Å². The third-order valence-electron chi connectivity index (χ3n) is 4.87. The summed E-state index contributed by atoms with van der Waals surface area (Å²) in [6.45, 7) is 7.19. The van der Waals surface area contributed by atoms with Gasteiger partial charge in [-0.2, -0.15) is 0 Å². The molecule has 1 saturated heterocycles. The van der Waals surface area contributed by atoms with Crippen LogP contribution in [-0.2, 0) is 14.3 Å². The smallest absolute Gasteiger partial charge is 0.277 e. The molecule has 3 rings (SSSR count). The van der Waals surface area contributed by atoms with Crippen LogP contribution in [0.25, 0.3) is 5.57 Å². The molecule has 1 aromatic rings. The van der Waals surface area contributed by atoms with Crippen molar-refractivity contribution in [1.82, 2.24) is 9.80 Å². The van der Waals surface area contributed by atoms with Crippen molar-refractivity contribution in [2.24, 2.45) is 0 Å². The molecule has 0 aliphatic carbocycles. The standard InChI is InChI=1S/C20H26N2O5/c1-6-22-19(23)17(14-7-8-15(25-4)16(9-14)26-5)18(20(22)24)21-10-12(2)27-13(3)11-21/h7-9,12-13H,6,10-11H2,1-5H3. The first-order valence-corrected chi connectivity index (χ1v) is 9.14. The molecule has 2 atom stereocenters. The van der Waals surface area contributed by atoms with E-state index < -0.39 is 0 Å². The number of hydrogen-bond acceptors (Lipinski definition) is 6. The lowest BCUT2D eigenvalue weighted by molar-refractivity contribution is -0.138. The molecule has 27 heavy (non-hydrogen) atoms. The molecule has 0 aromatic heterocycles. The number of benzene rings is 1. The molecular formula is C20H26N2O5. The van der Waals surface area contributed by atoms with Gasteiger partial charge in [0.15, 0.2) is 11.5 Å². The normalized spacial score (nSPS) is 23.3. The van der Waals surface area contributed by atoms with Gasteiger partial charge in [-0.3, -0.25) is 14.5 Å². The maximum Gasteiger partial charge on any atom is 0.277 e. The Kier molecular flexibility index (Phi) is 5.41. The van der Waals surface area contributed by atoms with E-state index in [9.17, 15) is 9.59 Å². The SMILES string of the molecule is CCN1C(=O)C(c2ccc(OC)c(OC)c2)=C(N2CC(C)OC(C)C2)C1=O. The van der Waals surface area contributed by atoms with E-state index in [0.717, 1.165) is 0 Å². The summed E-state index contributed by atoms with van der Waals surface area (Å²) in [5.74, 6) is 0.548. The van der Waals surface area contributed by atoms with Crippen LogP contribution in [0, 0.1) is 0 Å². The molecule has 0 bridgehead atoms. The summed E-state index contributed by atoms with van der Waals surface area (Å²) >= 11 is 0. The Hall–Kier alpha value is -2.54. The van der Waals surface area contributed by atoms with Crippen LogP contribution in [0.3, 0.4) is 0 Å². The summed E-state index contributed by atoms with van der Waals surface area (Å²) < 4.78 is 16.4. The van der Waals surface area contributed by atoms with Crippen LogP contribution in [0.4, 0.5) is 0 Å². The molecule has 2 amide bonds. The van der Waals surface area contributed by atoms with E-state index in [1.165, 1.54) is 4.90 Å². The maximum atomic E-state index is 13.0. The van der Waals surface area contributed by atoms with Gasteiger partial charge >= 0.3 is 0 Å². The number of hydrogen-bond donors (Lipinski definition) is 0. The topological polar surface area (TPSA) is 68.3 Å². The molecule has 0 radical (unpaired) electrons. The number of amides is 2. The van der Waals surface area contributed by atoms with Gasteiger partial charge in [-0.25, -0.2) is 0 Å². The van der Waals surface area contributed by atoms with Crippen LogP contribution in [-0.4, -0.2) is 67.7 Å². The van der Waals surface area contributed by atoms with Gasteiger partial charge in [0, 0.05) is 19.6 Å². The minimum atomic E-state index is -0.281. The second-order valence-electron chi connectivity index (χ2n) is 6.81. The lowest BCUT2D eigenvalue weighted by atomic mass is 10.0. The van der Waals surface area contributed by atoms with E-state index in [1.807, 2.05) is 18.7 Å². The van der Waals surface area contributed by atoms with Gasteiger partial charge in [-0.15, -0.1) is 0 Å². The van der Waals surface area contributed by atoms with Crippen LogP contribution in [0.15, 0.2) is 23.9 Å². The summed E-state index contributed by atoms with van der Waals surface area (Å²) in [5.41, 5.74) is 1.49. The molecule has 0 N–H and O–H groups in total. The van der Waals surface area contributed by atoms with E-state index in [1.54, 1.807) is 39.3 Å². The van der Waals surface area contributed by atoms with Gasteiger partial charge in [-0.1, -0.05) is 6.07 Å². The lowest BCUT2D eigenvalue weighted by Gasteiger charge is -2.37. The van der Waals surface area contributed by atoms with Crippen LogP contribution >= 0.6 is 0 Å². The molecule has 2 aliphatic heterocycles. The average Bonchev–Trinajstić information content (AvgIpc) is 2.90. The minimum Gasteiger partial charge on any atom is -0.493 e. The van der Waals surface area contributed by atoms with Crippen LogP contribution < -0.4 is 9.47 Å². The third-order valence-corrected chi connectivity index (χ3v) is 4.87. The number of imide groups is 1. The van der Waals surface area contributed by atoms with Crippen molar-refractivity contribution in [3.8, 4) is 11.5 Å². The van der Waals surface area contributed by atoms with Crippen molar-refractivity contribution in [3.05, 3.63) is 29.5 Å². The fourth-order valence-corrected chi connectivity index (χ4v) is 3.76. The Labute approximate surface area is 159 Å². The van der Waals surface area contributed by atoms with Gasteiger partial charge in [0.1, 0.15) is 5.70 Å². The fourth-order valence-electron chi connectivity index (χ4n) is 3.76. The summed E-state index contributed by atoms with van der Waals surface area (Å²) in [7, 11) is 3.10. The number of morpholine rings is 1. The molecule has 2 aliphatic rings. The Morgan fingerprint density at radius 1 is 1.04 bits per heavy atom. The number of rotatable bonds is 5. The van der Waals surface area contributed by atoms with Gasteiger partial charge in [0.05, 0.1) is 32.0 Å². The van der Waals surface area contributed by atoms with Gasteiger partial charge in [0.25, 0.3) is 11.8 Å². The molecule has 1 aromatic carbocycles. The summed E-state index contributed by atoms with van der Waals surface area (Å²) in [6, 6.07) is 5.27. The Balaban J connectivity index is 2.13. The van der Waals surface area contributed by atoms with E-state index in [2.05, 4.69) is 0 Å². The minimum absolute atomic E-state index is 0.0218. The molecule has 7 heteroatoms. The highest BCUT2D eigenvalue weighted by molar-refractivity contribution is 6.35. The van der Waals surface area contributed by atoms with Crippen molar-refractivity contribution in [1.29, 1.82) is 0 Å². The molecule has 2 heterocycles. The Bertz CT molecular complexity index is 779. The second kappa shape index (κ2) is 7.60. The molecule has 146 valence electrons. The highest BCUT2D eigenvalue weighted by atomic mass is 16.5. The number of methoxy groups -OCH3 is 2. The zero-order chi connectivity index (χ0) is 19.7. The van der Waals surface area contributed by atoms with Crippen LogP contribution in [0.1, 0.15) is 26.3 Å². The first-order chi connectivity index (χ1) is 12.9. The molecule has 0 saturated carbocycles. The molecular weight excluding hydrogens is 348 g/mol. The summed E-state index contributed by atoms with van der Waals surface area (Å²) in [5, 5.41) is 0. The van der Waals surface area contributed by atoms with Crippen LogP contribution in [0.2, 0.25) is 0 Å². The number of carbonyl (C=O) groups is 2. The lowest BCUT2D eigenvalue weighted by Crippen LogP contribution is -2.46. The highest BCUT2D eigenvalue weighted by Gasteiger charge is 2.42. The zero-order valence-electron chi connectivity index (χ0n) is 16.4. The predicted octanol–water partition coefficient (Wildman–Crippen LogP) is 1.91. The third kappa shape index (κ3) is 3.39. The summed E-state index contributed by atoms with van der Waals surface area (Å²) in [4.78, 5) is 29.3. The first kappa shape index (κ1) is 19.2. The van der Waals surface area contributed by atoms with E-state index >= 15 is 0 Å². The Morgan fingerprint density at radius 3 is 2.22 bits per heavy atom. The maximum absolute atomic E-state index is 13.0. The first-order valence-electron chi connectivity index (χ1n) is 9.14. The quantitative estimate of drug-likeness (QED) is 0.734.